The summed E-state index contributed by atoms with van der Waals surface area (Å²) in [7, 11) is 3.13. The zero-order valence-corrected chi connectivity index (χ0v) is 13.0. The van der Waals surface area contributed by atoms with Gasteiger partial charge in [0.25, 0.3) is 0 Å². The number of methoxy groups -OCH3 is 2. The van der Waals surface area contributed by atoms with Crippen LogP contribution in [0, 0.1) is 0 Å². The monoisotopic (exact) mass is 287 g/mol. The molecule has 0 amide bonds. The smallest absolute Gasteiger partial charge is 0.325 e. The third-order valence-corrected chi connectivity index (χ3v) is 4.01. The van der Waals surface area contributed by atoms with Crippen molar-refractivity contribution in [3.8, 4) is 0 Å². The van der Waals surface area contributed by atoms with Gasteiger partial charge in [0, 0.05) is 13.7 Å². The molecule has 1 aliphatic carbocycles. The first kappa shape index (κ1) is 17.4. The van der Waals surface area contributed by atoms with Crippen LogP contribution in [0.5, 0.6) is 0 Å². The average molecular weight is 287 g/mol. The summed E-state index contributed by atoms with van der Waals surface area (Å²) < 4.78 is 15.9. The molecule has 0 aromatic carbocycles. The van der Waals surface area contributed by atoms with E-state index in [0.29, 0.717) is 18.6 Å². The zero-order valence-electron chi connectivity index (χ0n) is 13.0. The minimum Gasteiger partial charge on any atom is -0.468 e. The molecule has 1 aliphatic rings. The van der Waals surface area contributed by atoms with Crippen molar-refractivity contribution in [2.75, 3.05) is 20.8 Å². The van der Waals surface area contributed by atoms with E-state index < -0.39 is 5.54 Å². The molecule has 1 saturated carbocycles. The molecule has 2 N–H and O–H groups in total. The zero-order chi connectivity index (χ0) is 15.0. The van der Waals surface area contributed by atoms with E-state index in [-0.39, 0.29) is 5.97 Å². The normalized spacial score (nSPS) is 26.0. The van der Waals surface area contributed by atoms with Crippen LogP contribution in [-0.4, -0.2) is 44.5 Å². The molecule has 0 heterocycles. The van der Waals surface area contributed by atoms with Gasteiger partial charge in [-0.15, -0.1) is 0 Å². The van der Waals surface area contributed by atoms with Gasteiger partial charge in [-0.3, -0.25) is 4.79 Å². The predicted octanol–water partition coefficient (Wildman–Crippen LogP) is 2.02. The first-order valence-corrected chi connectivity index (χ1v) is 7.51. The van der Waals surface area contributed by atoms with Crippen LogP contribution in [-0.2, 0) is 19.0 Å². The first-order valence-electron chi connectivity index (χ1n) is 7.51. The largest absolute Gasteiger partial charge is 0.468 e. The molecular formula is C15H29NO4. The predicted molar refractivity (Wildman–Crippen MR) is 77.5 cm³/mol. The van der Waals surface area contributed by atoms with E-state index in [9.17, 15) is 4.79 Å². The van der Waals surface area contributed by atoms with E-state index in [1.165, 1.54) is 13.5 Å². The summed E-state index contributed by atoms with van der Waals surface area (Å²) in [6, 6.07) is 0. The van der Waals surface area contributed by atoms with Gasteiger partial charge in [-0.1, -0.05) is 0 Å². The van der Waals surface area contributed by atoms with E-state index in [0.717, 1.165) is 38.7 Å². The molecule has 1 fully saturated rings. The summed E-state index contributed by atoms with van der Waals surface area (Å²) in [6.45, 7) is 2.43. The lowest BCUT2D eigenvalue weighted by Crippen LogP contribution is -2.45. The minimum absolute atomic E-state index is 0.318. The summed E-state index contributed by atoms with van der Waals surface area (Å²) >= 11 is 0. The van der Waals surface area contributed by atoms with Crippen LogP contribution >= 0.6 is 0 Å². The van der Waals surface area contributed by atoms with Crippen molar-refractivity contribution in [3.63, 3.8) is 0 Å². The molecule has 118 valence electrons. The van der Waals surface area contributed by atoms with Gasteiger partial charge in [0.05, 0.1) is 19.3 Å². The number of ether oxygens (including phenoxy) is 3. The number of esters is 1. The first-order chi connectivity index (χ1) is 9.49. The van der Waals surface area contributed by atoms with Gasteiger partial charge in [-0.05, 0) is 51.9 Å². The number of unbranched alkanes of at least 4 members (excludes halogenated alkanes) is 1. The van der Waals surface area contributed by atoms with Gasteiger partial charge >= 0.3 is 5.97 Å². The average Bonchev–Trinajstić information content (AvgIpc) is 2.46. The maximum atomic E-state index is 11.4. The maximum absolute atomic E-state index is 11.4. The molecule has 3 atom stereocenters. The van der Waals surface area contributed by atoms with Crippen molar-refractivity contribution in [1.29, 1.82) is 0 Å². The Morgan fingerprint density at radius 1 is 1.25 bits per heavy atom. The van der Waals surface area contributed by atoms with Gasteiger partial charge in [0.1, 0.15) is 5.54 Å². The van der Waals surface area contributed by atoms with Gasteiger partial charge in [0.2, 0.25) is 0 Å². The van der Waals surface area contributed by atoms with Gasteiger partial charge in [0.15, 0.2) is 0 Å². The Kier molecular flexibility index (Phi) is 7.48. The van der Waals surface area contributed by atoms with E-state index in [4.69, 9.17) is 15.2 Å². The lowest BCUT2D eigenvalue weighted by Gasteiger charge is -2.28. The van der Waals surface area contributed by atoms with Crippen LogP contribution in [0.2, 0.25) is 0 Å². The Hall–Kier alpha value is -0.650. The molecule has 3 unspecified atom stereocenters. The number of hydrogen-bond donors (Lipinski definition) is 1. The number of nitrogens with two attached hydrogens (primary N) is 1. The molecule has 20 heavy (non-hydrogen) atoms. The standard InChI is InChI=1S/C15H29NO4/c1-15(16,14(17)19-3)9-4-5-10-20-13-8-6-7-12(11-13)18-2/h12-13H,4-11,16H2,1-3H3. The fourth-order valence-electron chi connectivity index (χ4n) is 2.65. The molecular weight excluding hydrogens is 258 g/mol. The van der Waals surface area contributed by atoms with E-state index in [1.807, 2.05) is 0 Å². The molecule has 0 bridgehead atoms. The number of hydrogen-bond acceptors (Lipinski definition) is 5. The second-order valence-electron chi connectivity index (χ2n) is 5.88. The number of rotatable bonds is 8. The maximum Gasteiger partial charge on any atom is 0.325 e. The third-order valence-electron chi connectivity index (χ3n) is 4.01. The summed E-state index contributed by atoms with van der Waals surface area (Å²) in [4.78, 5) is 11.4. The lowest BCUT2D eigenvalue weighted by molar-refractivity contribution is -0.146. The van der Waals surface area contributed by atoms with Crippen molar-refractivity contribution in [1.82, 2.24) is 0 Å². The van der Waals surface area contributed by atoms with Crippen LogP contribution in [0.1, 0.15) is 51.9 Å². The molecule has 5 nitrogen and oxygen atoms in total. The van der Waals surface area contributed by atoms with Gasteiger partial charge < -0.3 is 19.9 Å². The van der Waals surface area contributed by atoms with Crippen molar-refractivity contribution in [2.45, 2.75) is 69.6 Å². The van der Waals surface area contributed by atoms with E-state index in [2.05, 4.69) is 4.74 Å². The Labute approximate surface area is 122 Å². The van der Waals surface area contributed by atoms with Crippen LogP contribution < -0.4 is 5.73 Å². The second-order valence-corrected chi connectivity index (χ2v) is 5.88. The SMILES string of the molecule is COC(=O)C(C)(N)CCCCOC1CCCC(OC)C1. The van der Waals surface area contributed by atoms with Crippen molar-refractivity contribution >= 4 is 5.97 Å². The molecule has 0 aromatic heterocycles. The van der Waals surface area contributed by atoms with E-state index >= 15 is 0 Å². The number of carbonyl (C=O) groups is 1. The molecule has 5 heteroatoms. The third kappa shape index (κ3) is 5.77. The molecule has 0 spiro atoms. The molecule has 0 saturated heterocycles. The fraction of sp³-hybridized carbons (Fsp3) is 0.933. The summed E-state index contributed by atoms with van der Waals surface area (Å²) in [6.07, 6.45) is 7.49. The highest BCUT2D eigenvalue weighted by Crippen LogP contribution is 2.23. The highest BCUT2D eigenvalue weighted by Gasteiger charge is 2.28. The van der Waals surface area contributed by atoms with Crippen LogP contribution in [0.15, 0.2) is 0 Å². The van der Waals surface area contributed by atoms with E-state index in [1.54, 1.807) is 14.0 Å². The quantitative estimate of drug-likeness (QED) is 0.546. The Bertz CT molecular complexity index is 294. The molecule has 0 radical (unpaired) electrons. The minimum atomic E-state index is -0.888. The summed E-state index contributed by atoms with van der Waals surface area (Å²) in [5, 5.41) is 0. The Morgan fingerprint density at radius 2 is 1.95 bits per heavy atom. The highest BCUT2D eigenvalue weighted by atomic mass is 16.5. The number of carbonyl (C=O) groups excluding carboxylic acids is 1. The summed E-state index contributed by atoms with van der Waals surface area (Å²) in [5.74, 6) is -0.353. The molecule has 0 aliphatic heterocycles. The molecule has 0 aromatic rings. The van der Waals surface area contributed by atoms with Crippen LogP contribution in [0.3, 0.4) is 0 Å². The van der Waals surface area contributed by atoms with Gasteiger partial charge in [-0.25, -0.2) is 0 Å². The van der Waals surface area contributed by atoms with Gasteiger partial charge in [-0.2, -0.15) is 0 Å². The highest BCUT2D eigenvalue weighted by molar-refractivity contribution is 5.79. The fourth-order valence-corrected chi connectivity index (χ4v) is 2.65. The van der Waals surface area contributed by atoms with Crippen LogP contribution in [0.25, 0.3) is 0 Å². The van der Waals surface area contributed by atoms with Crippen molar-refractivity contribution in [3.05, 3.63) is 0 Å². The Morgan fingerprint density at radius 3 is 2.60 bits per heavy atom. The summed E-state index contributed by atoms with van der Waals surface area (Å²) in [5.41, 5.74) is 5.01. The lowest BCUT2D eigenvalue weighted by atomic mass is 9.94. The second kappa shape index (κ2) is 8.60. The van der Waals surface area contributed by atoms with Crippen molar-refractivity contribution in [2.24, 2.45) is 5.73 Å². The Balaban J connectivity index is 2.11. The molecule has 1 rings (SSSR count). The van der Waals surface area contributed by atoms with Crippen molar-refractivity contribution < 1.29 is 19.0 Å². The van der Waals surface area contributed by atoms with Crippen LogP contribution in [0.4, 0.5) is 0 Å². The topological polar surface area (TPSA) is 70.8 Å².